The highest BCUT2D eigenvalue weighted by Crippen LogP contribution is 2.22. The maximum atomic E-state index is 5.07. The van der Waals surface area contributed by atoms with Crippen molar-refractivity contribution in [1.82, 2.24) is 5.32 Å². The van der Waals surface area contributed by atoms with Crippen LogP contribution in [0.15, 0.2) is 42.5 Å². The Morgan fingerprint density at radius 2 is 1.90 bits per heavy atom. The number of methoxy groups -OCH3 is 1. The SMILES string of the molecule is CCC(CNCCOC)Cc1cccc2ccccc12. The first kappa shape index (κ1) is 15.0. The molecule has 2 aromatic rings. The second-order valence-electron chi connectivity index (χ2n) is 5.31. The third-order valence-corrected chi connectivity index (χ3v) is 3.88. The Bertz CT molecular complexity index is 518. The number of ether oxygens (including phenoxy) is 1. The van der Waals surface area contributed by atoms with Crippen molar-refractivity contribution in [3.05, 3.63) is 48.0 Å². The second kappa shape index (κ2) is 8.03. The predicted octanol–water partition coefficient (Wildman–Crippen LogP) is 3.64. The highest BCUT2D eigenvalue weighted by atomic mass is 16.5. The molecule has 2 rings (SSSR count). The fraction of sp³-hybridized carbons (Fsp3) is 0.444. The summed E-state index contributed by atoms with van der Waals surface area (Å²) in [5.74, 6) is 0.678. The summed E-state index contributed by atoms with van der Waals surface area (Å²) in [7, 11) is 1.75. The van der Waals surface area contributed by atoms with Crippen molar-refractivity contribution in [3.63, 3.8) is 0 Å². The van der Waals surface area contributed by atoms with Crippen LogP contribution in [0.4, 0.5) is 0 Å². The summed E-state index contributed by atoms with van der Waals surface area (Å²) in [5, 5.41) is 6.21. The monoisotopic (exact) mass is 271 g/mol. The average molecular weight is 271 g/mol. The van der Waals surface area contributed by atoms with Crippen LogP contribution in [0.1, 0.15) is 18.9 Å². The largest absolute Gasteiger partial charge is 0.383 e. The van der Waals surface area contributed by atoms with Gasteiger partial charge in [-0.25, -0.2) is 0 Å². The van der Waals surface area contributed by atoms with Crippen molar-refractivity contribution in [2.75, 3.05) is 26.8 Å². The predicted molar refractivity (Wildman–Crippen MR) is 86.2 cm³/mol. The van der Waals surface area contributed by atoms with Crippen molar-refractivity contribution in [2.45, 2.75) is 19.8 Å². The normalized spacial score (nSPS) is 12.7. The van der Waals surface area contributed by atoms with Gasteiger partial charge in [-0.15, -0.1) is 0 Å². The van der Waals surface area contributed by atoms with Crippen LogP contribution in [0.5, 0.6) is 0 Å². The van der Waals surface area contributed by atoms with E-state index in [2.05, 4.69) is 54.7 Å². The average Bonchev–Trinajstić information content (AvgIpc) is 2.50. The molecular formula is C18H25NO. The zero-order valence-electron chi connectivity index (χ0n) is 12.6. The molecule has 1 unspecified atom stereocenters. The Hall–Kier alpha value is -1.38. The molecule has 0 aliphatic rings. The number of rotatable bonds is 8. The first-order valence-electron chi connectivity index (χ1n) is 7.51. The molecular weight excluding hydrogens is 246 g/mol. The molecule has 0 heterocycles. The van der Waals surface area contributed by atoms with Crippen LogP contribution < -0.4 is 5.32 Å². The van der Waals surface area contributed by atoms with E-state index >= 15 is 0 Å². The lowest BCUT2D eigenvalue weighted by Crippen LogP contribution is -2.27. The van der Waals surface area contributed by atoms with Crippen LogP contribution in [0, 0.1) is 5.92 Å². The van der Waals surface area contributed by atoms with Gasteiger partial charge in [0.2, 0.25) is 0 Å². The minimum absolute atomic E-state index is 0.678. The lowest BCUT2D eigenvalue weighted by molar-refractivity contribution is 0.197. The quantitative estimate of drug-likeness (QED) is 0.740. The molecule has 0 fully saturated rings. The second-order valence-corrected chi connectivity index (χ2v) is 5.31. The summed E-state index contributed by atoms with van der Waals surface area (Å²) in [5.41, 5.74) is 1.46. The molecule has 2 nitrogen and oxygen atoms in total. The van der Waals surface area contributed by atoms with E-state index in [-0.39, 0.29) is 0 Å². The molecule has 0 saturated heterocycles. The van der Waals surface area contributed by atoms with Crippen molar-refractivity contribution >= 4 is 10.8 Å². The van der Waals surface area contributed by atoms with Crippen molar-refractivity contribution in [2.24, 2.45) is 5.92 Å². The van der Waals surface area contributed by atoms with Crippen LogP contribution in [-0.2, 0) is 11.2 Å². The molecule has 0 aromatic heterocycles. The molecule has 0 spiro atoms. The summed E-state index contributed by atoms with van der Waals surface area (Å²) < 4.78 is 5.07. The van der Waals surface area contributed by atoms with E-state index in [1.165, 1.54) is 22.8 Å². The smallest absolute Gasteiger partial charge is 0.0587 e. The van der Waals surface area contributed by atoms with Gasteiger partial charge in [0.15, 0.2) is 0 Å². The standard InChI is InChI=1S/C18H25NO/c1-3-15(14-19-11-12-20-2)13-17-9-6-8-16-7-4-5-10-18(16)17/h4-10,15,19H,3,11-14H2,1-2H3. The Morgan fingerprint density at radius 3 is 2.70 bits per heavy atom. The maximum absolute atomic E-state index is 5.07. The fourth-order valence-electron chi connectivity index (χ4n) is 2.62. The van der Waals surface area contributed by atoms with E-state index in [9.17, 15) is 0 Å². The van der Waals surface area contributed by atoms with E-state index < -0.39 is 0 Å². The van der Waals surface area contributed by atoms with E-state index in [1.54, 1.807) is 7.11 Å². The lowest BCUT2D eigenvalue weighted by atomic mass is 9.93. The summed E-state index contributed by atoms with van der Waals surface area (Å²) >= 11 is 0. The molecule has 20 heavy (non-hydrogen) atoms. The first-order valence-corrected chi connectivity index (χ1v) is 7.51. The van der Waals surface area contributed by atoms with Crippen molar-refractivity contribution in [3.8, 4) is 0 Å². The topological polar surface area (TPSA) is 21.3 Å². The number of hydrogen-bond acceptors (Lipinski definition) is 2. The van der Waals surface area contributed by atoms with Gasteiger partial charge in [0, 0.05) is 13.7 Å². The van der Waals surface area contributed by atoms with Gasteiger partial charge in [0.1, 0.15) is 0 Å². The molecule has 1 atom stereocenters. The molecule has 0 bridgehead atoms. The van der Waals surface area contributed by atoms with Gasteiger partial charge in [0.05, 0.1) is 6.61 Å². The van der Waals surface area contributed by atoms with Crippen molar-refractivity contribution < 1.29 is 4.74 Å². The van der Waals surface area contributed by atoms with E-state index in [4.69, 9.17) is 4.74 Å². The Balaban J connectivity index is 2.02. The third-order valence-electron chi connectivity index (χ3n) is 3.88. The molecule has 2 heteroatoms. The Morgan fingerprint density at radius 1 is 1.10 bits per heavy atom. The minimum Gasteiger partial charge on any atom is -0.383 e. The van der Waals surface area contributed by atoms with Crippen LogP contribution >= 0.6 is 0 Å². The van der Waals surface area contributed by atoms with Gasteiger partial charge >= 0.3 is 0 Å². The summed E-state index contributed by atoms with van der Waals surface area (Å²) in [6, 6.07) is 15.3. The molecule has 0 radical (unpaired) electrons. The molecule has 2 aromatic carbocycles. The lowest BCUT2D eigenvalue weighted by Gasteiger charge is -2.17. The highest BCUT2D eigenvalue weighted by Gasteiger charge is 2.09. The number of nitrogens with one attached hydrogen (secondary N) is 1. The number of hydrogen-bond donors (Lipinski definition) is 1. The molecule has 0 saturated carbocycles. The van der Waals surface area contributed by atoms with Gasteiger partial charge in [-0.3, -0.25) is 0 Å². The fourth-order valence-corrected chi connectivity index (χ4v) is 2.62. The van der Waals surface area contributed by atoms with Gasteiger partial charge in [0.25, 0.3) is 0 Å². The molecule has 1 N–H and O–H groups in total. The molecule has 0 aliphatic heterocycles. The summed E-state index contributed by atoms with van der Waals surface area (Å²) in [6.45, 7) is 5.05. The van der Waals surface area contributed by atoms with Gasteiger partial charge < -0.3 is 10.1 Å². The summed E-state index contributed by atoms with van der Waals surface area (Å²) in [6.07, 6.45) is 2.33. The van der Waals surface area contributed by atoms with Gasteiger partial charge in [-0.05, 0) is 35.2 Å². The van der Waals surface area contributed by atoms with Gasteiger partial charge in [-0.1, -0.05) is 55.8 Å². The Kier molecular flexibility index (Phi) is 6.03. The zero-order valence-corrected chi connectivity index (χ0v) is 12.6. The minimum atomic E-state index is 0.678. The third kappa shape index (κ3) is 4.06. The van der Waals surface area contributed by atoms with Crippen LogP contribution in [0.2, 0.25) is 0 Å². The van der Waals surface area contributed by atoms with Crippen LogP contribution in [0.25, 0.3) is 10.8 Å². The zero-order chi connectivity index (χ0) is 14.2. The maximum Gasteiger partial charge on any atom is 0.0587 e. The highest BCUT2D eigenvalue weighted by molar-refractivity contribution is 5.85. The molecule has 0 amide bonds. The number of fused-ring (bicyclic) bond motifs is 1. The molecule has 108 valence electrons. The van der Waals surface area contributed by atoms with E-state index in [0.717, 1.165) is 26.1 Å². The first-order chi connectivity index (χ1) is 9.85. The van der Waals surface area contributed by atoms with E-state index in [0.29, 0.717) is 5.92 Å². The van der Waals surface area contributed by atoms with E-state index in [1.807, 2.05) is 0 Å². The van der Waals surface area contributed by atoms with Crippen LogP contribution in [0.3, 0.4) is 0 Å². The molecule has 0 aliphatic carbocycles. The van der Waals surface area contributed by atoms with Gasteiger partial charge in [-0.2, -0.15) is 0 Å². The number of benzene rings is 2. The van der Waals surface area contributed by atoms with Crippen LogP contribution in [-0.4, -0.2) is 26.8 Å². The summed E-state index contributed by atoms with van der Waals surface area (Å²) in [4.78, 5) is 0. The Labute approximate surface area is 122 Å². The van der Waals surface area contributed by atoms with Crippen molar-refractivity contribution in [1.29, 1.82) is 0 Å².